The number of tetrazole rings is 1. The smallest absolute Gasteiger partial charge is 0.261 e. The average Bonchev–Trinajstić information content (AvgIpc) is 3.22. The fraction of sp³-hybridized carbons (Fsp3) is 0.0667. The van der Waals surface area contributed by atoms with Gasteiger partial charge in [-0.3, -0.25) is 9.52 Å². The van der Waals surface area contributed by atoms with Crippen molar-refractivity contribution < 1.29 is 13.2 Å². The van der Waals surface area contributed by atoms with Gasteiger partial charge >= 0.3 is 0 Å². The average molecular weight is 356 g/mol. The van der Waals surface area contributed by atoms with E-state index >= 15 is 0 Å². The maximum Gasteiger partial charge on any atom is 0.261 e. The van der Waals surface area contributed by atoms with E-state index in [0.29, 0.717) is 22.6 Å². The van der Waals surface area contributed by atoms with Gasteiger partial charge < -0.3 is 5.32 Å². The Morgan fingerprint density at radius 2 is 1.92 bits per heavy atom. The molecule has 3 aromatic rings. The van der Waals surface area contributed by atoms with E-state index in [0.717, 1.165) is 0 Å². The number of amides is 1. The SMILES string of the molecule is O=C1Cc2cc(S(=O)(=O)Nc3ccc(-n4cnnn4)cc3)ccc2N1. The Labute approximate surface area is 142 Å². The zero-order chi connectivity index (χ0) is 17.4. The number of anilines is 2. The Bertz CT molecular complexity index is 1050. The van der Waals surface area contributed by atoms with E-state index in [-0.39, 0.29) is 17.2 Å². The van der Waals surface area contributed by atoms with Crippen molar-refractivity contribution in [3.63, 3.8) is 0 Å². The lowest BCUT2D eigenvalue weighted by molar-refractivity contribution is -0.115. The van der Waals surface area contributed by atoms with Gasteiger partial charge in [-0.05, 0) is 58.5 Å². The van der Waals surface area contributed by atoms with Crippen LogP contribution in [-0.2, 0) is 21.2 Å². The van der Waals surface area contributed by atoms with Gasteiger partial charge in [0.15, 0.2) is 0 Å². The number of hydrogen-bond acceptors (Lipinski definition) is 6. The minimum atomic E-state index is -3.76. The number of fused-ring (bicyclic) bond motifs is 1. The molecule has 25 heavy (non-hydrogen) atoms. The molecule has 0 aliphatic carbocycles. The van der Waals surface area contributed by atoms with Gasteiger partial charge in [-0.15, -0.1) is 5.10 Å². The second-order valence-corrected chi connectivity index (χ2v) is 7.13. The van der Waals surface area contributed by atoms with Crippen LogP contribution in [0.2, 0.25) is 0 Å². The van der Waals surface area contributed by atoms with Crippen molar-refractivity contribution in [3.8, 4) is 5.69 Å². The van der Waals surface area contributed by atoms with Crippen LogP contribution in [0.5, 0.6) is 0 Å². The van der Waals surface area contributed by atoms with Gasteiger partial charge in [-0.25, -0.2) is 13.1 Å². The second kappa shape index (κ2) is 5.67. The summed E-state index contributed by atoms with van der Waals surface area (Å²) in [7, 11) is -3.76. The van der Waals surface area contributed by atoms with Crippen molar-refractivity contribution in [1.29, 1.82) is 0 Å². The minimum absolute atomic E-state index is 0.104. The molecule has 1 aromatic heterocycles. The summed E-state index contributed by atoms with van der Waals surface area (Å²) in [6, 6.07) is 11.2. The summed E-state index contributed by atoms with van der Waals surface area (Å²) in [5.41, 5.74) is 2.43. The number of rotatable bonds is 4. The van der Waals surface area contributed by atoms with Gasteiger partial charge in [0.2, 0.25) is 5.91 Å². The van der Waals surface area contributed by atoms with Crippen molar-refractivity contribution in [1.82, 2.24) is 20.2 Å². The number of carbonyl (C=O) groups is 1. The van der Waals surface area contributed by atoms with Crippen molar-refractivity contribution in [3.05, 3.63) is 54.4 Å². The molecule has 0 spiro atoms. The number of benzene rings is 2. The molecule has 10 heteroatoms. The first-order valence-corrected chi connectivity index (χ1v) is 8.79. The third-order valence-electron chi connectivity index (χ3n) is 3.75. The van der Waals surface area contributed by atoms with Crippen LogP contribution >= 0.6 is 0 Å². The zero-order valence-electron chi connectivity index (χ0n) is 12.7. The van der Waals surface area contributed by atoms with Gasteiger partial charge in [-0.1, -0.05) is 0 Å². The Morgan fingerprint density at radius 3 is 2.64 bits per heavy atom. The van der Waals surface area contributed by atoms with E-state index < -0.39 is 10.0 Å². The highest BCUT2D eigenvalue weighted by atomic mass is 32.2. The molecule has 2 heterocycles. The van der Waals surface area contributed by atoms with Gasteiger partial charge in [-0.2, -0.15) is 0 Å². The van der Waals surface area contributed by atoms with Crippen molar-refractivity contribution in [2.45, 2.75) is 11.3 Å². The lowest BCUT2D eigenvalue weighted by atomic mass is 10.2. The quantitative estimate of drug-likeness (QED) is 0.719. The monoisotopic (exact) mass is 356 g/mol. The minimum Gasteiger partial charge on any atom is -0.326 e. The maximum atomic E-state index is 12.5. The molecule has 4 rings (SSSR count). The van der Waals surface area contributed by atoms with E-state index in [9.17, 15) is 13.2 Å². The molecular formula is C15H12N6O3S. The lowest BCUT2D eigenvalue weighted by Gasteiger charge is -2.10. The van der Waals surface area contributed by atoms with Crippen LogP contribution in [-0.4, -0.2) is 34.5 Å². The third kappa shape index (κ3) is 2.94. The largest absolute Gasteiger partial charge is 0.326 e. The highest BCUT2D eigenvalue weighted by Crippen LogP contribution is 2.27. The molecular weight excluding hydrogens is 344 g/mol. The summed E-state index contributed by atoms with van der Waals surface area (Å²) in [6.07, 6.45) is 1.62. The molecule has 0 saturated carbocycles. The second-order valence-electron chi connectivity index (χ2n) is 5.45. The van der Waals surface area contributed by atoms with Gasteiger partial charge in [0.1, 0.15) is 6.33 Å². The third-order valence-corrected chi connectivity index (χ3v) is 5.12. The highest BCUT2D eigenvalue weighted by Gasteiger charge is 2.21. The van der Waals surface area contributed by atoms with Crippen molar-refractivity contribution in [2.24, 2.45) is 0 Å². The van der Waals surface area contributed by atoms with Crippen LogP contribution in [0.1, 0.15) is 5.56 Å². The van der Waals surface area contributed by atoms with Crippen LogP contribution in [0.4, 0.5) is 11.4 Å². The number of nitrogens with zero attached hydrogens (tertiary/aromatic N) is 4. The van der Waals surface area contributed by atoms with Crippen LogP contribution < -0.4 is 10.0 Å². The molecule has 0 bridgehead atoms. The molecule has 2 aromatic carbocycles. The van der Waals surface area contributed by atoms with Gasteiger partial charge in [0.25, 0.3) is 10.0 Å². The number of nitrogens with one attached hydrogen (secondary N) is 2. The van der Waals surface area contributed by atoms with Gasteiger partial charge in [0, 0.05) is 11.4 Å². The Morgan fingerprint density at radius 1 is 1.12 bits per heavy atom. The Hall–Kier alpha value is -3.27. The van der Waals surface area contributed by atoms with Crippen LogP contribution in [0.15, 0.2) is 53.7 Å². The molecule has 0 radical (unpaired) electrons. The Balaban J connectivity index is 1.57. The Kier molecular flexibility index (Phi) is 3.46. The molecule has 2 N–H and O–H groups in total. The maximum absolute atomic E-state index is 12.5. The number of carbonyl (C=O) groups excluding carboxylic acids is 1. The molecule has 1 aliphatic rings. The van der Waals surface area contributed by atoms with E-state index in [4.69, 9.17) is 0 Å². The van der Waals surface area contributed by atoms with E-state index in [1.807, 2.05) is 0 Å². The van der Waals surface area contributed by atoms with Crippen LogP contribution in [0.25, 0.3) is 5.69 Å². The predicted octanol–water partition coefficient (Wildman–Crippen LogP) is 0.958. The molecule has 1 amide bonds. The summed E-state index contributed by atoms with van der Waals surface area (Å²) in [5, 5.41) is 13.5. The highest BCUT2D eigenvalue weighted by molar-refractivity contribution is 7.92. The summed E-state index contributed by atoms with van der Waals surface area (Å²) in [4.78, 5) is 11.5. The molecule has 0 fully saturated rings. The molecule has 0 unspecified atom stereocenters. The van der Waals surface area contributed by atoms with E-state index in [1.165, 1.54) is 23.1 Å². The summed E-state index contributed by atoms with van der Waals surface area (Å²) in [6.45, 7) is 0. The molecule has 0 atom stereocenters. The first-order valence-electron chi connectivity index (χ1n) is 7.30. The van der Waals surface area contributed by atoms with Crippen molar-refractivity contribution >= 4 is 27.3 Å². The standard InChI is InChI=1S/C15H12N6O3S/c22-15-8-10-7-13(5-6-14(10)17-15)25(23,24)18-11-1-3-12(4-2-11)21-9-16-19-20-21/h1-7,9,18H,8H2,(H,17,22). The first kappa shape index (κ1) is 15.3. The first-order chi connectivity index (χ1) is 12.0. The topological polar surface area (TPSA) is 119 Å². The fourth-order valence-corrected chi connectivity index (χ4v) is 3.66. The fourth-order valence-electron chi connectivity index (χ4n) is 2.55. The summed E-state index contributed by atoms with van der Waals surface area (Å²) >= 11 is 0. The van der Waals surface area contributed by atoms with Crippen molar-refractivity contribution in [2.75, 3.05) is 10.0 Å². The van der Waals surface area contributed by atoms with Gasteiger partial charge in [0.05, 0.1) is 17.0 Å². The van der Waals surface area contributed by atoms with Crippen LogP contribution in [0, 0.1) is 0 Å². The van der Waals surface area contributed by atoms with Crippen LogP contribution in [0.3, 0.4) is 0 Å². The normalized spacial score (nSPS) is 13.4. The van der Waals surface area contributed by atoms with E-state index in [2.05, 4.69) is 25.6 Å². The number of hydrogen-bond donors (Lipinski definition) is 2. The summed E-state index contributed by atoms with van der Waals surface area (Å²) < 4.78 is 29.1. The zero-order valence-corrected chi connectivity index (χ0v) is 13.6. The number of aromatic nitrogens is 4. The molecule has 126 valence electrons. The lowest BCUT2D eigenvalue weighted by Crippen LogP contribution is -2.13. The number of sulfonamides is 1. The predicted molar refractivity (Wildman–Crippen MR) is 88.7 cm³/mol. The van der Waals surface area contributed by atoms with E-state index in [1.54, 1.807) is 30.3 Å². The molecule has 0 saturated heterocycles. The molecule has 1 aliphatic heterocycles. The molecule has 9 nitrogen and oxygen atoms in total. The summed E-state index contributed by atoms with van der Waals surface area (Å²) in [5.74, 6) is -0.143.